The molecule has 86 valence electrons. The van der Waals surface area contributed by atoms with Gasteiger partial charge >= 0.3 is 0 Å². The lowest BCUT2D eigenvalue weighted by atomic mass is 10.0. The highest BCUT2D eigenvalue weighted by Gasteiger charge is 2.08. The molecule has 0 aliphatic rings. The van der Waals surface area contributed by atoms with E-state index in [9.17, 15) is 0 Å². The topological polar surface area (TPSA) is 25.0 Å². The number of nitrogens with one attached hydrogen (secondary N) is 1. The van der Waals surface area contributed by atoms with E-state index in [2.05, 4.69) is 43.1 Å². The molecule has 0 amide bonds. The Kier molecular flexibility index (Phi) is 2.11. The van der Waals surface area contributed by atoms with Gasteiger partial charge in [0.1, 0.15) is 5.75 Å². The van der Waals surface area contributed by atoms with Crippen LogP contribution < -0.4 is 4.74 Å². The quantitative estimate of drug-likeness (QED) is 0.666. The van der Waals surface area contributed by atoms with Gasteiger partial charge in [0.15, 0.2) is 0 Å². The number of benzene rings is 2. The number of H-pyrrole nitrogens is 1. The van der Waals surface area contributed by atoms with Crippen molar-refractivity contribution >= 4 is 21.8 Å². The average molecular weight is 225 g/mol. The van der Waals surface area contributed by atoms with E-state index in [-0.39, 0.29) is 0 Å². The van der Waals surface area contributed by atoms with Gasteiger partial charge in [0.2, 0.25) is 0 Å². The highest BCUT2D eigenvalue weighted by molar-refractivity contribution is 6.09. The molecule has 0 saturated carbocycles. The summed E-state index contributed by atoms with van der Waals surface area (Å²) < 4.78 is 5.29. The Morgan fingerprint density at radius 1 is 1.00 bits per heavy atom. The third-order valence-corrected chi connectivity index (χ3v) is 3.25. The molecule has 1 N–H and O–H groups in total. The van der Waals surface area contributed by atoms with Crippen LogP contribution in [-0.2, 0) is 0 Å². The van der Waals surface area contributed by atoms with Crippen molar-refractivity contribution in [3.8, 4) is 5.75 Å². The SMILES string of the molecule is COc1ccc2[nH]c3cc(C)cc(C)c3c2c1. The second kappa shape index (κ2) is 3.52. The third-order valence-electron chi connectivity index (χ3n) is 3.25. The van der Waals surface area contributed by atoms with Crippen LogP contribution in [0.3, 0.4) is 0 Å². The van der Waals surface area contributed by atoms with Gasteiger partial charge in [0.25, 0.3) is 0 Å². The number of hydrogen-bond acceptors (Lipinski definition) is 1. The molecule has 2 nitrogen and oxygen atoms in total. The predicted octanol–water partition coefficient (Wildman–Crippen LogP) is 3.95. The molecule has 0 fully saturated rings. The van der Waals surface area contributed by atoms with Gasteiger partial charge in [-0.3, -0.25) is 0 Å². The van der Waals surface area contributed by atoms with Crippen molar-refractivity contribution in [2.45, 2.75) is 13.8 Å². The van der Waals surface area contributed by atoms with E-state index in [4.69, 9.17) is 4.74 Å². The van der Waals surface area contributed by atoms with Crippen molar-refractivity contribution in [2.75, 3.05) is 7.11 Å². The number of ether oxygens (including phenoxy) is 1. The molecule has 0 bridgehead atoms. The van der Waals surface area contributed by atoms with Crippen LogP contribution in [0.1, 0.15) is 11.1 Å². The van der Waals surface area contributed by atoms with Crippen LogP contribution >= 0.6 is 0 Å². The summed E-state index contributed by atoms with van der Waals surface area (Å²) in [6.07, 6.45) is 0. The number of aromatic nitrogens is 1. The molecule has 1 aromatic heterocycles. The number of fused-ring (bicyclic) bond motifs is 3. The molecular formula is C15H15NO. The summed E-state index contributed by atoms with van der Waals surface area (Å²) in [4.78, 5) is 3.46. The Balaban J connectivity index is 2.48. The highest BCUT2D eigenvalue weighted by Crippen LogP contribution is 2.31. The molecule has 0 spiro atoms. The minimum atomic E-state index is 0.901. The lowest BCUT2D eigenvalue weighted by Gasteiger charge is -2.01. The van der Waals surface area contributed by atoms with E-state index in [1.807, 2.05) is 6.07 Å². The van der Waals surface area contributed by atoms with Crippen LogP contribution in [0.4, 0.5) is 0 Å². The summed E-state index contributed by atoms with van der Waals surface area (Å²) in [6.45, 7) is 4.28. The third kappa shape index (κ3) is 1.48. The maximum absolute atomic E-state index is 5.29. The normalized spacial score (nSPS) is 11.2. The van der Waals surface area contributed by atoms with Crippen LogP contribution in [0, 0.1) is 13.8 Å². The molecule has 0 aliphatic heterocycles. The smallest absolute Gasteiger partial charge is 0.119 e. The number of rotatable bonds is 1. The number of hydrogen-bond donors (Lipinski definition) is 1. The standard InChI is InChI=1S/C15H15NO/c1-9-6-10(2)15-12-8-11(17-3)4-5-13(12)16-14(15)7-9/h4-8,16H,1-3H3. The molecule has 0 unspecified atom stereocenters. The van der Waals surface area contributed by atoms with Crippen molar-refractivity contribution in [3.63, 3.8) is 0 Å². The van der Waals surface area contributed by atoms with E-state index < -0.39 is 0 Å². The zero-order valence-electron chi connectivity index (χ0n) is 10.3. The van der Waals surface area contributed by atoms with Gasteiger partial charge in [-0.2, -0.15) is 0 Å². The zero-order chi connectivity index (χ0) is 12.0. The van der Waals surface area contributed by atoms with E-state index in [0.29, 0.717) is 0 Å². The first kappa shape index (κ1) is 10.2. The van der Waals surface area contributed by atoms with Gasteiger partial charge in [-0.15, -0.1) is 0 Å². The molecule has 2 heteroatoms. The van der Waals surface area contributed by atoms with Gasteiger partial charge in [-0.1, -0.05) is 6.07 Å². The maximum Gasteiger partial charge on any atom is 0.119 e. The summed E-state index contributed by atoms with van der Waals surface area (Å²) in [5, 5.41) is 2.53. The Morgan fingerprint density at radius 2 is 1.82 bits per heavy atom. The second-order valence-electron chi connectivity index (χ2n) is 4.54. The number of aromatic amines is 1. The Hall–Kier alpha value is -1.96. The summed E-state index contributed by atoms with van der Waals surface area (Å²) in [6, 6.07) is 10.6. The largest absolute Gasteiger partial charge is 0.497 e. The van der Waals surface area contributed by atoms with Crippen molar-refractivity contribution in [1.82, 2.24) is 4.98 Å². The van der Waals surface area contributed by atoms with Crippen LogP contribution in [0.25, 0.3) is 21.8 Å². The maximum atomic E-state index is 5.29. The van der Waals surface area contributed by atoms with Gasteiger partial charge < -0.3 is 9.72 Å². The van der Waals surface area contributed by atoms with Crippen molar-refractivity contribution in [3.05, 3.63) is 41.5 Å². The Labute approximate surface area is 100 Å². The first-order valence-corrected chi connectivity index (χ1v) is 5.76. The first-order valence-electron chi connectivity index (χ1n) is 5.76. The molecule has 1 heterocycles. The Bertz CT molecular complexity index is 710. The monoisotopic (exact) mass is 225 g/mol. The summed E-state index contributed by atoms with van der Waals surface area (Å²) in [7, 11) is 1.70. The predicted molar refractivity (Wildman–Crippen MR) is 71.8 cm³/mol. The fraction of sp³-hybridized carbons (Fsp3) is 0.200. The minimum absolute atomic E-state index is 0.901. The van der Waals surface area contributed by atoms with Gasteiger partial charge in [0, 0.05) is 21.8 Å². The van der Waals surface area contributed by atoms with Crippen molar-refractivity contribution < 1.29 is 4.74 Å². The lowest BCUT2D eigenvalue weighted by molar-refractivity contribution is 0.415. The van der Waals surface area contributed by atoms with E-state index in [1.54, 1.807) is 7.11 Å². The van der Waals surface area contributed by atoms with Crippen LogP contribution in [-0.4, -0.2) is 12.1 Å². The zero-order valence-corrected chi connectivity index (χ0v) is 10.3. The Morgan fingerprint density at radius 3 is 2.59 bits per heavy atom. The van der Waals surface area contributed by atoms with Crippen molar-refractivity contribution in [2.24, 2.45) is 0 Å². The van der Waals surface area contributed by atoms with E-state index in [1.165, 1.54) is 27.4 Å². The molecule has 0 radical (unpaired) electrons. The van der Waals surface area contributed by atoms with Crippen molar-refractivity contribution in [1.29, 1.82) is 0 Å². The number of aryl methyl sites for hydroxylation is 2. The second-order valence-corrected chi connectivity index (χ2v) is 4.54. The number of methoxy groups -OCH3 is 1. The average Bonchev–Trinajstić information content (AvgIpc) is 2.65. The summed E-state index contributed by atoms with van der Waals surface area (Å²) >= 11 is 0. The van der Waals surface area contributed by atoms with Crippen LogP contribution in [0.5, 0.6) is 5.75 Å². The van der Waals surface area contributed by atoms with E-state index in [0.717, 1.165) is 11.3 Å². The van der Waals surface area contributed by atoms with Gasteiger partial charge in [0.05, 0.1) is 7.11 Å². The van der Waals surface area contributed by atoms with Crippen LogP contribution in [0.2, 0.25) is 0 Å². The van der Waals surface area contributed by atoms with E-state index >= 15 is 0 Å². The van der Waals surface area contributed by atoms with Crippen LogP contribution in [0.15, 0.2) is 30.3 Å². The fourth-order valence-corrected chi connectivity index (χ4v) is 2.53. The first-order chi connectivity index (χ1) is 8.19. The molecule has 0 atom stereocenters. The molecular weight excluding hydrogens is 210 g/mol. The molecule has 0 saturated heterocycles. The molecule has 0 aliphatic carbocycles. The molecule has 3 rings (SSSR count). The molecule has 2 aromatic carbocycles. The van der Waals surface area contributed by atoms with Gasteiger partial charge in [-0.05, 0) is 49.2 Å². The highest BCUT2D eigenvalue weighted by atomic mass is 16.5. The summed E-state index contributed by atoms with van der Waals surface area (Å²) in [5.74, 6) is 0.901. The lowest BCUT2D eigenvalue weighted by Crippen LogP contribution is -1.81. The minimum Gasteiger partial charge on any atom is -0.497 e. The molecule has 17 heavy (non-hydrogen) atoms. The fourth-order valence-electron chi connectivity index (χ4n) is 2.53. The van der Waals surface area contributed by atoms with Gasteiger partial charge in [-0.25, -0.2) is 0 Å². The summed E-state index contributed by atoms with van der Waals surface area (Å²) in [5.41, 5.74) is 4.95. The molecule has 3 aromatic rings.